The lowest BCUT2D eigenvalue weighted by Gasteiger charge is -2.10. The van der Waals surface area contributed by atoms with Gasteiger partial charge in [0.1, 0.15) is 5.69 Å². The number of anilines is 1. The van der Waals surface area contributed by atoms with Crippen LogP contribution in [-0.4, -0.2) is 32.7 Å². The average Bonchev–Trinajstić information content (AvgIpc) is 2.47. The highest BCUT2D eigenvalue weighted by Crippen LogP contribution is 2.26. The van der Waals surface area contributed by atoms with Crippen molar-refractivity contribution >= 4 is 11.6 Å². The SMILES string of the molecule is COCCNC(=O)CCNc1c(F)c(F)c(F)c(F)c1F. The number of ether oxygens (including phenoxy) is 1. The Morgan fingerprint density at radius 3 is 2.00 bits per heavy atom. The molecular weight excluding hydrogens is 299 g/mol. The highest BCUT2D eigenvalue weighted by Gasteiger charge is 2.25. The van der Waals surface area contributed by atoms with Crippen molar-refractivity contribution in [1.29, 1.82) is 0 Å². The molecule has 0 saturated heterocycles. The molecule has 1 amide bonds. The van der Waals surface area contributed by atoms with Crippen molar-refractivity contribution in [1.82, 2.24) is 5.32 Å². The van der Waals surface area contributed by atoms with E-state index < -0.39 is 40.7 Å². The molecule has 0 heterocycles. The number of halogens is 5. The Kier molecular flexibility index (Phi) is 6.35. The first-order valence-corrected chi connectivity index (χ1v) is 5.91. The molecule has 0 unspecified atom stereocenters. The van der Waals surface area contributed by atoms with Crippen LogP contribution in [0.1, 0.15) is 6.42 Å². The number of rotatable bonds is 7. The summed E-state index contributed by atoms with van der Waals surface area (Å²) >= 11 is 0. The average molecular weight is 312 g/mol. The van der Waals surface area contributed by atoms with Crippen molar-refractivity contribution in [3.63, 3.8) is 0 Å². The molecule has 0 aliphatic carbocycles. The van der Waals surface area contributed by atoms with E-state index in [2.05, 4.69) is 10.1 Å². The Balaban J connectivity index is 2.62. The van der Waals surface area contributed by atoms with Gasteiger partial charge in [0.05, 0.1) is 6.61 Å². The molecule has 0 saturated carbocycles. The van der Waals surface area contributed by atoms with Gasteiger partial charge in [-0.3, -0.25) is 4.79 Å². The van der Waals surface area contributed by atoms with Crippen LogP contribution < -0.4 is 10.6 Å². The molecule has 1 aromatic rings. The maximum absolute atomic E-state index is 13.3. The lowest BCUT2D eigenvalue weighted by Crippen LogP contribution is -2.28. The third-order valence-corrected chi connectivity index (χ3v) is 2.49. The smallest absolute Gasteiger partial charge is 0.221 e. The number of amides is 1. The van der Waals surface area contributed by atoms with Crippen LogP contribution in [0, 0.1) is 29.1 Å². The second kappa shape index (κ2) is 7.77. The van der Waals surface area contributed by atoms with Crippen molar-refractivity contribution < 1.29 is 31.5 Å². The minimum Gasteiger partial charge on any atom is -0.383 e. The number of hydrogen-bond donors (Lipinski definition) is 2. The van der Waals surface area contributed by atoms with Gasteiger partial charge in [0.2, 0.25) is 11.7 Å². The van der Waals surface area contributed by atoms with Gasteiger partial charge in [-0.05, 0) is 0 Å². The Morgan fingerprint density at radius 1 is 0.952 bits per heavy atom. The van der Waals surface area contributed by atoms with E-state index in [1.165, 1.54) is 7.11 Å². The Bertz CT molecular complexity index is 496. The van der Waals surface area contributed by atoms with Crippen LogP contribution in [0.15, 0.2) is 0 Å². The quantitative estimate of drug-likeness (QED) is 0.350. The molecule has 9 heteroatoms. The predicted octanol–water partition coefficient (Wildman–Crippen LogP) is 1.95. The zero-order valence-corrected chi connectivity index (χ0v) is 11.0. The Labute approximate surface area is 117 Å². The third-order valence-electron chi connectivity index (χ3n) is 2.49. The molecule has 21 heavy (non-hydrogen) atoms. The molecule has 0 bridgehead atoms. The summed E-state index contributed by atoms with van der Waals surface area (Å²) in [4.78, 5) is 11.3. The normalized spacial score (nSPS) is 10.6. The minimum absolute atomic E-state index is 0.205. The molecule has 1 aromatic carbocycles. The first-order chi connectivity index (χ1) is 9.90. The van der Waals surface area contributed by atoms with E-state index in [9.17, 15) is 26.7 Å². The molecule has 0 aliphatic rings. The van der Waals surface area contributed by atoms with Crippen molar-refractivity contribution in [3.8, 4) is 0 Å². The van der Waals surface area contributed by atoms with Gasteiger partial charge in [-0.15, -0.1) is 0 Å². The van der Waals surface area contributed by atoms with Gasteiger partial charge in [0, 0.05) is 26.6 Å². The number of carbonyl (C=O) groups excluding carboxylic acids is 1. The van der Waals surface area contributed by atoms with Crippen molar-refractivity contribution in [2.75, 3.05) is 32.1 Å². The number of nitrogens with one attached hydrogen (secondary N) is 2. The first-order valence-electron chi connectivity index (χ1n) is 5.91. The maximum atomic E-state index is 13.3. The fourth-order valence-electron chi connectivity index (χ4n) is 1.44. The molecule has 0 fully saturated rings. The minimum atomic E-state index is -2.23. The van der Waals surface area contributed by atoms with E-state index in [1.807, 2.05) is 5.32 Å². The molecular formula is C12H13F5N2O2. The second-order valence-electron chi connectivity index (χ2n) is 3.96. The van der Waals surface area contributed by atoms with Gasteiger partial charge in [0.15, 0.2) is 23.3 Å². The van der Waals surface area contributed by atoms with E-state index in [1.54, 1.807) is 0 Å². The molecule has 0 atom stereocenters. The molecule has 1 rings (SSSR count). The van der Waals surface area contributed by atoms with E-state index in [0.29, 0.717) is 0 Å². The standard InChI is InChI=1S/C12H13F5N2O2/c1-21-5-4-18-6(20)2-3-19-12-10(16)8(14)7(13)9(15)11(12)17/h19H,2-5H2,1H3,(H,18,20). The van der Waals surface area contributed by atoms with Crippen LogP contribution in [0.3, 0.4) is 0 Å². The Morgan fingerprint density at radius 2 is 1.48 bits per heavy atom. The fraction of sp³-hybridized carbons (Fsp3) is 0.417. The van der Waals surface area contributed by atoms with E-state index in [4.69, 9.17) is 0 Å². The summed E-state index contributed by atoms with van der Waals surface area (Å²) in [6, 6.07) is 0. The zero-order chi connectivity index (χ0) is 16.0. The van der Waals surface area contributed by atoms with Crippen LogP contribution in [0.2, 0.25) is 0 Å². The maximum Gasteiger partial charge on any atom is 0.221 e. The number of methoxy groups -OCH3 is 1. The second-order valence-corrected chi connectivity index (χ2v) is 3.96. The van der Waals surface area contributed by atoms with E-state index in [-0.39, 0.29) is 26.1 Å². The summed E-state index contributed by atoms with van der Waals surface area (Å²) in [5.41, 5.74) is -1.16. The van der Waals surface area contributed by atoms with Gasteiger partial charge in [-0.2, -0.15) is 0 Å². The highest BCUT2D eigenvalue weighted by atomic mass is 19.2. The van der Waals surface area contributed by atoms with Gasteiger partial charge < -0.3 is 15.4 Å². The number of carbonyl (C=O) groups is 1. The van der Waals surface area contributed by atoms with Gasteiger partial charge in [-0.1, -0.05) is 0 Å². The molecule has 0 aromatic heterocycles. The van der Waals surface area contributed by atoms with Crippen LogP contribution in [0.25, 0.3) is 0 Å². The van der Waals surface area contributed by atoms with E-state index in [0.717, 1.165) is 0 Å². The summed E-state index contributed by atoms with van der Waals surface area (Å²) in [6.07, 6.45) is -0.205. The van der Waals surface area contributed by atoms with Crippen molar-refractivity contribution in [2.45, 2.75) is 6.42 Å². The van der Waals surface area contributed by atoms with Gasteiger partial charge in [0.25, 0.3) is 0 Å². The monoisotopic (exact) mass is 312 g/mol. The van der Waals surface area contributed by atoms with E-state index >= 15 is 0 Å². The molecule has 118 valence electrons. The van der Waals surface area contributed by atoms with Crippen LogP contribution in [0.5, 0.6) is 0 Å². The number of hydrogen-bond acceptors (Lipinski definition) is 3. The largest absolute Gasteiger partial charge is 0.383 e. The van der Waals surface area contributed by atoms with Crippen LogP contribution in [0.4, 0.5) is 27.6 Å². The molecule has 2 N–H and O–H groups in total. The fourth-order valence-corrected chi connectivity index (χ4v) is 1.44. The lowest BCUT2D eigenvalue weighted by atomic mass is 10.2. The van der Waals surface area contributed by atoms with Crippen LogP contribution in [-0.2, 0) is 9.53 Å². The Hall–Kier alpha value is -1.90. The molecule has 4 nitrogen and oxygen atoms in total. The summed E-state index contributed by atoms with van der Waals surface area (Å²) < 4.78 is 69.8. The highest BCUT2D eigenvalue weighted by molar-refractivity contribution is 5.76. The zero-order valence-electron chi connectivity index (χ0n) is 11.0. The molecule has 0 spiro atoms. The predicted molar refractivity (Wildman–Crippen MR) is 64.2 cm³/mol. The van der Waals surface area contributed by atoms with Crippen molar-refractivity contribution in [3.05, 3.63) is 29.1 Å². The summed E-state index contributed by atoms with van der Waals surface area (Å²) in [6.45, 7) is 0.242. The summed E-state index contributed by atoms with van der Waals surface area (Å²) in [5, 5.41) is 4.45. The van der Waals surface area contributed by atoms with Gasteiger partial charge in [-0.25, -0.2) is 22.0 Å². The van der Waals surface area contributed by atoms with Gasteiger partial charge >= 0.3 is 0 Å². The first kappa shape index (κ1) is 17.2. The third kappa shape index (κ3) is 4.28. The summed E-state index contributed by atoms with van der Waals surface area (Å²) in [5.74, 6) is -10.7. The topological polar surface area (TPSA) is 50.4 Å². The number of benzene rings is 1. The molecule has 0 aliphatic heterocycles. The molecule has 0 radical (unpaired) electrons. The van der Waals surface area contributed by atoms with Crippen LogP contribution >= 0.6 is 0 Å². The van der Waals surface area contributed by atoms with Crippen molar-refractivity contribution in [2.24, 2.45) is 0 Å². The lowest BCUT2D eigenvalue weighted by molar-refractivity contribution is -0.121. The summed E-state index contributed by atoms with van der Waals surface area (Å²) in [7, 11) is 1.44.